The zero-order chi connectivity index (χ0) is 17.9. The van der Waals surface area contributed by atoms with Crippen LogP contribution in [0.15, 0.2) is 87.5 Å². The first-order chi connectivity index (χ1) is 12.8. The Bertz CT molecular complexity index is 934. The zero-order valence-electron chi connectivity index (χ0n) is 14.8. The molecule has 1 aliphatic rings. The van der Waals surface area contributed by atoms with Crippen LogP contribution in [0, 0.1) is 0 Å². The van der Waals surface area contributed by atoms with Gasteiger partial charge in [-0.3, -0.25) is 4.79 Å². The molecule has 3 aromatic rings. The number of para-hydroxylation sites is 1. The molecule has 0 N–H and O–H groups in total. The first-order valence-electron chi connectivity index (χ1n) is 9.01. The fourth-order valence-corrected chi connectivity index (χ4v) is 5.37. The summed E-state index contributed by atoms with van der Waals surface area (Å²) in [6, 6.07) is 24.6. The van der Waals surface area contributed by atoms with Crippen LogP contribution >= 0.6 is 0 Å². The third-order valence-corrected chi connectivity index (χ3v) is 6.81. The minimum atomic E-state index is -0.221. The largest absolute Gasteiger partial charge is 0.447 e. The number of hydrogen-bond acceptors (Lipinski definition) is 2. The molecule has 2 nitrogen and oxygen atoms in total. The Kier molecular flexibility index (Phi) is 4.81. The number of ether oxygens (including phenoxy) is 1. The SMILES string of the molecule is CCCCC(=O)c1ccc2c(c1)Oc1ccccc1[S+]2c1ccccc1. The summed E-state index contributed by atoms with van der Waals surface area (Å²) in [5, 5.41) is 0. The van der Waals surface area contributed by atoms with E-state index < -0.39 is 0 Å². The highest BCUT2D eigenvalue weighted by Crippen LogP contribution is 2.47. The molecule has 0 spiro atoms. The number of carbonyl (C=O) groups is 1. The van der Waals surface area contributed by atoms with Crippen LogP contribution in [0.3, 0.4) is 0 Å². The molecule has 4 rings (SSSR count). The third kappa shape index (κ3) is 3.15. The summed E-state index contributed by atoms with van der Waals surface area (Å²) in [5.41, 5.74) is 0.744. The number of ketones is 1. The summed E-state index contributed by atoms with van der Waals surface area (Å²) < 4.78 is 6.18. The number of fused-ring (bicyclic) bond motifs is 2. The number of unbranched alkanes of at least 4 members (excludes halogenated alkanes) is 1. The van der Waals surface area contributed by atoms with E-state index in [0.717, 1.165) is 34.8 Å². The Morgan fingerprint density at radius 1 is 0.885 bits per heavy atom. The van der Waals surface area contributed by atoms with Crippen LogP contribution in [0.1, 0.15) is 36.5 Å². The lowest BCUT2D eigenvalue weighted by Gasteiger charge is -2.20. The monoisotopic (exact) mass is 361 g/mol. The maximum atomic E-state index is 12.4. The van der Waals surface area contributed by atoms with Crippen molar-refractivity contribution < 1.29 is 9.53 Å². The van der Waals surface area contributed by atoms with Crippen molar-refractivity contribution in [1.29, 1.82) is 0 Å². The molecule has 1 unspecified atom stereocenters. The molecule has 1 heterocycles. The number of hydrogen-bond donors (Lipinski definition) is 0. The van der Waals surface area contributed by atoms with Gasteiger partial charge in [0.1, 0.15) is 10.9 Å². The molecule has 0 amide bonds. The minimum absolute atomic E-state index is 0.191. The van der Waals surface area contributed by atoms with E-state index in [9.17, 15) is 4.79 Å². The summed E-state index contributed by atoms with van der Waals surface area (Å²) in [5.74, 6) is 1.88. The van der Waals surface area contributed by atoms with E-state index in [1.165, 1.54) is 9.79 Å². The quantitative estimate of drug-likeness (QED) is 0.310. The predicted octanol–water partition coefficient (Wildman–Crippen LogP) is 6.26. The normalized spacial score (nSPS) is 14.9. The van der Waals surface area contributed by atoms with Crippen molar-refractivity contribution in [1.82, 2.24) is 0 Å². The maximum absolute atomic E-state index is 12.4. The molecule has 0 bridgehead atoms. The highest BCUT2D eigenvalue weighted by molar-refractivity contribution is 7.97. The van der Waals surface area contributed by atoms with Crippen molar-refractivity contribution in [2.45, 2.75) is 40.9 Å². The van der Waals surface area contributed by atoms with Gasteiger partial charge >= 0.3 is 0 Å². The number of benzene rings is 3. The van der Waals surface area contributed by atoms with Gasteiger partial charge in [-0.05, 0) is 48.9 Å². The molecular formula is C23H21O2S+. The fraction of sp³-hybridized carbons (Fsp3) is 0.174. The predicted molar refractivity (Wildman–Crippen MR) is 105 cm³/mol. The molecule has 0 saturated carbocycles. The van der Waals surface area contributed by atoms with Gasteiger partial charge in [0, 0.05) is 12.0 Å². The van der Waals surface area contributed by atoms with E-state index in [0.29, 0.717) is 6.42 Å². The van der Waals surface area contributed by atoms with Crippen molar-refractivity contribution in [3.05, 3.63) is 78.4 Å². The standard InChI is InChI=1S/C23H21O2S/c1-2-3-11-19(24)17-14-15-23-21(16-17)25-20-12-7-8-13-22(20)26(23)18-9-5-4-6-10-18/h4-10,12-16H,2-3,11H2,1H3/q+1. The lowest BCUT2D eigenvalue weighted by atomic mass is 10.1. The van der Waals surface area contributed by atoms with E-state index in [-0.39, 0.29) is 16.7 Å². The van der Waals surface area contributed by atoms with Gasteiger partial charge in [-0.2, -0.15) is 0 Å². The Morgan fingerprint density at radius 3 is 2.42 bits per heavy atom. The molecule has 1 atom stereocenters. The minimum Gasteiger partial charge on any atom is -0.447 e. The van der Waals surface area contributed by atoms with Gasteiger partial charge in [-0.25, -0.2) is 0 Å². The van der Waals surface area contributed by atoms with E-state index >= 15 is 0 Å². The highest BCUT2D eigenvalue weighted by Gasteiger charge is 2.39. The van der Waals surface area contributed by atoms with Crippen LogP contribution in [0.4, 0.5) is 0 Å². The summed E-state index contributed by atoms with van der Waals surface area (Å²) in [6.45, 7) is 2.10. The second kappa shape index (κ2) is 7.38. The number of rotatable bonds is 5. The van der Waals surface area contributed by atoms with Crippen molar-refractivity contribution in [2.24, 2.45) is 0 Å². The van der Waals surface area contributed by atoms with Crippen molar-refractivity contribution >= 4 is 16.7 Å². The smallest absolute Gasteiger partial charge is 0.209 e. The number of carbonyl (C=O) groups excluding carboxylic acids is 1. The summed E-state index contributed by atoms with van der Waals surface area (Å²) in [6.07, 6.45) is 2.54. The molecule has 0 radical (unpaired) electrons. The van der Waals surface area contributed by atoms with Crippen LogP contribution in [-0.4, -0.2) is 5.78 Å². The molecule has 0 fully saturated rings. The molecule has 130 valence electrons. The molecular weight excluding hydrogens is 340 g/mol. The van der Waals surface area contributed by atoms with Gasteiger partial charge in [0.15, 0.2) is 22.2 Å². The van der Waals surface area contributed by atoms with E-state index in [1.54, 1.807) is 0 Å². The van der Waals surface area contributed by atoms with Crippen LogP contribution in [0.5, 0.6) is 11.5 Å². The Morgan fingerprint density at radius 2 is 1.62 bits per heavy atom. The topological polar surface area (TPSA) is 26.3 Å². The Balaban J connectivity index is 1.79. The summed E-state index contributed by atoms with van der Waals surface area (Å²) in [4.78, 5) is 16.0. The van der Waals surface area contributed by atoms with Gasteiger partial charge in [0.2, 0.25) is 9.79 Å². The molecule has 0 saturated heterocycles. The molecule has 0 aliphatic carbocycles. The zero-order valence-corrected chi connectivity index (χ0v) is 15.6. The lowest BCUT2D eigenvalue weighted by Crippen LogP contribution is -2.13. The van der Waals surface area contributed by atoms with Crippen LogP contribution < -0.4 is 4.74 Å². The summed E-state index contributed by atoms with van der Waals surface area (Å²) >= 11 is 0. The van der Waals surface area contributed by atoms with Gasteiger partial charge in [-0.15, -0.1) is 0 Å². The second-order valence-electron chi connectivity index (χ2n) is 6.36. The first-order valence-corrected chi connectivity index (χ1v) is 10.2. The highest BCUT2D eigenvalue weighted by atomic mass is 32.2. The lowest BCUT2D eigenvalue weighted by molar-refractivity contribution is 0.0979. The van der Waals surface area contributed by atoms with Crippen LogP contribution in [0.2, 0.25) is 0 Å². The average molecular weight is 361 g/mol. The molecule has 26 heavy (non-hydrogen) atoms. The van der Waals surface area contributed by atoms with Gasteiger partial charge in [-0.1, -0.05) is 43.7 Å². The second-order valence-corrected chi connectivity index (χ2v) is 8.32. The van der Waals surface area contributed by atoms with Crippen LogP contribution in [0.25, 0.3) is 0 Å². The van der Waals surface area contributed by atoms with Gasteiger partial charge < -0.3 is 4.74 Å². The molecule has 1 aliphatic heterocycles. The molecule has 3 aromatic carbocycles. The molecule has 3 heteroatoms. The Hall–Kier alpha value is -2.52. The maximum Gasteiger partial charge on any atom is 0.209 e. The number of Topliss-reactive ketones (excluding diaryl/α,β-unsaturated/α-hetero) is 1. The average Bonchev–Trinajstić information content (AvgIpc) is 2.70. The van der Waals surface area contributed by atoms with Crippen LogP contribution in [-0.2, 0) is 10.9 Å². The van der Waals surface area contributed by atoms with Gasteiger partial charge in [0.05, 0.1) is 0 Å². The first kappa shape index (κ1) is 16.9. The summed E-state index contributed by atoms with van der Waals surface area (Å²) in [7, 11) is -0.221. The third-order valence-electron chi connectivity index (χ3n) is 4.51. The van der Waals surface area contributed by atoms with Crippen molar-refractivity contribution in [2.75, 3.05) is 0 Å². The van der Waals surface area contributed by atoms with E-state index in [1.807, 2.05) is 30.3 Å². The molecule has 0 aromatic heterocycles. The van der Waals surface area contributed by atoms with Gasteiger partial charge in [0.25, 0.3) is 0 Å². The van der Waals surface area contributed by atoms with Crippen molar-refractivity contribution in [3.63, 3.8) is 0 Å². The Labute approximate surface area is 157 Å². The van der Waals surface area contributed by atoms with E-state index in [4.69, 9.17) is 4.74 Å². The van der Waals surface area contributed by atoms with E-state index in [2.05, 4.69) is 49.4 Å². The fourth-order valence-electron chi connectivity index (χ4n) is 3.16. The van der Waals surface area contributed by atoms with Crippen molar-refractivity contribution in [3.8, 4) is 11.5 Å².